The van der Waals surface area contributed by atoms with Crippen molar-refractivity contribution in [1.29, 1.82) is 0 Å². The summed E-state index contributed by atoms with van der Waals surface area (Å²) in [5.41, 5.74) is 5.27. The van der Waals surface area contributed by atoms with Gasteiger partial charge in [-0.15, -0.1) is 0 Å². The van der Waals surface area contributed by atoms with Crippen LogP contribution < -0.4 is 16.4 Å². The predicted molar refractivity (Wildman–Crippen MR) is 75.6 cm³/mol. The highest BCUT2D eigenvalue weighted by molar-refractivity contribution is 5.84. The fraction of sp³-hybridized carbons (Fsp3) is 0.786. The maximum absolute atomic E-state index is 11.5. The van der Waals surface area contributed by atoms with Gasteiger partial charge in [-0.05, 0) is 31.6 Å². The van der Waals surface area contributed by atoms with Crippen LogP contribution in [-0.2, 0) is 14.4 Å². The highest BCUT2D eigenvalue weighted by Crippen LogP contribution is 2.20. The summed E-state index contributed by atoms with van der Waals surface area (Å²) in [6, 6.07) is 0. The van der Waals surface area contributed by atoms with Crippen LogP contribution in [0.15, 0.2) is 0 Å². The Kier molecular flexibility index (Phi) is 7.69. The lowest BCUT2D eigenvalue weighted by Crippen LogP contribution is -2.37. The molecule has 3 amide bonds. The number of carbonyl (C=O) groups is 3. The fourth-order valence-corrected chi connectivity index (χ4v) is 2.47. The van der Waals surface area contributed by atoms with E-state index in [0.717, 1.165) is 38.5 Å². The van der Waals surface area contributed by atoms with Crippen molar-refractivity contribution in [2.24, 2.45) is 11.7 Å². The van der Waals surface area contributed by atoms with Crippen molar-refractivity contribution in [2.75, 3.05) is 13.1 Å². The van der Waals surface area contributed by atoms with E-state index in [4.69, 9.17) is 5.73 Å². The SMILES string of the molecule is NC(=O)CC1CCCCNC(=O)CNC(=O)CCCC1. The smallest absolute Gasteiger partial charge is 0.239 e. The zero-order valence-corrected chi connectivity index (χ0v) is 12.0. The third-order valence-corrected chi connectivity index (χ3v) is 3.56. The van der Waals surface area contributed by atoms with Gasteiger partial charge in [-0.25, -0.2) is 0 Å². The van der Waals surface area contributed by atoms with Crippen molar-refractivity contribution in [2.45, 2.75) is 51.4 Å². The van der Waals surface area contributed by atoms with Gasteiger partial charge >= 0.3 is 0 Å². The van der Waals surface area contributed by atoms with E-state index in [2.05, 4.69) is 10.6 Å². The second-order valence-corrected chi connectivity index (χ2v) is 5.40. The quantitative estimate of drug-likeness (QED) is 0.686. The Balaban J connectivity index is 2.44. The minimum atomic E-state index is -0.262. The molecule has 20 heavy (non-hydrogen) atoms. The molecule has 0 aliphatic carbocycles. The number of nitrogens with two attached hydrogens (primary N) is 1. The second kappa shape index (κ2) is 9.34. The molecule has 114 valence electrons. The average molecular weight is 283 g/mol. The van der Waals surface area contributed by atoms with E-state index in [1.54, 1.807) is 0 Å². The van der Waals surface area contributed by atoms with E-state index in [1.807, 2.05) is 0 Å². The molecule has 0 saturated carbocycles. The molecule has 1 aliphatic heterocycles. The number of rotatable bonds is 2. The lowest BCUT2D eigenvalue weighted by Gasteiger charge is -2.16. The fourth-order valence-electron chi connectivity index (χ4n) is 2.47. The Labute approximate surface area is 119 Å². The third-order valence-electron chi connectivity index (χ3n) is 3.56. The first kappa shape index (κ1) is 16.5. The van der Waals surface area contributed by atoms with Gasteiger partial charge < -0.3 is 16.4 Å². The molecule has 0 aromatic carbocycles. The van der Waals surface area contributed by atoms with Crippen molar-refractivity contribution in [3.8, 4) is 0 Å². The molecule has 1 saturated heterocycles. The van der Waals surface area contributed by atoms with Crippen LogP contribution in [0.2, 0.25) is 0 Å². The number of primary amides is 1. The van der Waals surface area contributed by atoms with E-state index in [9.17, 15) is 14.4 Å². The summed E-state index contributed by atoms with van der Waals surface area (Å²) in [5, 5.41) is 5.37. The van der Waals surface area contributed by atoms with Crippen LogP contribution in [0.25, 0.3) is 0 Å². The number of carbonyl (C=O) groups excluding carboxylic acids is 3. The van der Waals surface area contributed by atoms with Gasteiger partial charge in [0.05, 0.1) is 6.54 Å². The lowest BCUT2D eigenvalue weighted by atomic mass is 9.92. The maximum Gasteiger partial charge on any atom is 0.239 e. The van der Waals surface area contributed by atoms with Crippen LogP contribution in [0.3, 0.4) is 0 Å². The minimum Gasteiger partial charge on any atom is -0.370 e. The first-order valence-electron chi connectivity index (χ1n) is 7.39. The molecule has 0 aromatic rings. The summed E-state index contributed by atoms with van der Waals surface area (Å²) in [4.78, 5) is 34.0. The Hall–Kier alpha value is -1.59. The zero-order chi connectivity index (χ0) is 14.8. The van der Waals surface area contributed by atoms with Crippen molar-refractivity contribution in [1.82, 2.24) is 10.6 Å². The van der Waals surface area contributed by atoms with Crippen molar-refractivity contribution >= 4 is 17.7 Å². The topological polar surface area (TPSA) is 101 Å². The van der Waals surface area contributed by atoms with Crippen molar-refractivity contribution < 1.29 is 14.4 Å². The van der Waals surface area contributed by atoms with Crippen molar-refractivity contribution in [3.05, 3.63) is 0 Å². The number of hydrogen-bond donors (Lipinski definition) is 3. The van der Waals surface area contributed by atoms with E-state index in [-0.39, 0.29) is 24.3 Å². The summed E-state index contributed by atoms with van der Waals surface area (Å²) in [7, 11) is 0. The molecule has 0 aromatic heterocycles. The summed E-state index contributed by atoms with van der Waals surface area (Å²) in [6.45, 7) is 0.668. The van der Waals surface area contributed by atoms with Gasteiger partial charge in [0.25, 0.3) is 0 Å². The standard InChI is InChI=1S/C14H25N3O3/c15-12(18)9-11-5-1-2-7-13(19)17-10-14(20)16-8-4-3-6-11/h11H,1-10H2,(H2,15,18)(H,16,20)(H,17,19). The molecule has 1 unspecified atom stereocenters. The Morgan fingerprint density at radius 2 is 1.75 bits per heavy atom. The van der Waals surface area contributed by atoms with E-state index in [1.165, 1.54) is 0 Å². The second-order valence-electron chi connectivity index (χ2n) is 5.40. The molecule has 1 fully saturated rings. The first-order valence-corrected chi connectivity index (χ1v) is 7.39. The molecule has 0 radical (unpaired) electrons. The molecule has 6 heteroatoms. The largest absolute Gasteiger partial charge is 0.370 e. The molecule has 4 N–H and O–H groups in total. The average Bonchev–Trinajstić information content (AvgIpc) is 2.39. The summed E-state index contributed by atoms with van der Waals surface area (Å²) >= 11 is 0. The molecule has 1 rings (SSSR count). The number of amides is 3. The molecule has 6 nitrogen and oxygen atoms in total. The van der Waals surface area contributed by atoms with Crippen LogP contribution in [0.5, 0.6) is 0 Å². The van der Waals surface area contributed by atoms with E-state index < -0.39 is 0 Å². The molecule has 0 spiro atoms. The van der Waals surface area contributed by atoms with Gasteiger partial charge in [-0.2, -0.15) is 0 Å². The minimum absolute atomic E-state index is 0.0587. The number of hydrogen-bond acceptors (Lipinski definition) is 3. The van der Waals surface area contributed by atoms with Crippen molar-refractivity contribution in [3.63, 3.8) is 0 Å². The molecular weight excluding hydrogens is 258 g/mol. The normalized spacial score (nSPS) is 23.3. The predicted octanol–water partition coefficient (Wildman–Crippen LogP) is 0.455. The molecule has 0 bridgehead atoms. The molecule has 1 aliphatic rings. The van der Waals surface area contributed by atoms with E-state index >= 15 is 0 Å². The summed E-state index contributed by atoms with van der Waals surface area (Å²) in [5.74, 6) is -0.205. The van der Waals surface area contributed by atoms with Gasteiger partial charge in [0.2, 0.25) is 17.7 Å². The molecule has 1 atom stereocenters. The van der Waals surface area contributed by atoms with Gasteiger partial charge in [0, 0.05) is 19.4 Å². The third kappa shape index (κ3) is 7.76. The number of nitrogens with one attached hydrogen (secondary N) is 2. The Bertz CT molecular complexity index is 345. The van der Waals surface area contributed by atoms with Crippen LogP contribution in [0.4, 0.5) is 0 Å². The summed E-state index contributed by atoms with van der Waals surface area (Å²) in [6.07, 6.45) is 6.28. The Morgan fingerprint density at radius 3 is 2.45 bits per heavy atom. The summed E-state index contributed by atoms with van der Waals surface area (Å²) < 4.78 is 0. The highest BCUT2D eigenvalue weighted by atomic mass is 16.2. The van der Waals surface area contributed by atoms with Crippen LogP contribution in [-0.4, -0.2) is 30.8 Å². The van der Waals surface area contributed by atoms with E-state index in [0.29, 0.717) is 25.3 Å². The van der Waals surface area contributed by atoms with Crippen LogP contribution >= 0.6 is 0 Å². The monoisotopic (exact) mass is 283 g/mol. The first-order chi connectivity index (χ1) is 9.58. The lowest BCUT2D eigenvalue weighted by molar-refractivity contribution is -0.126. The highest BCUT2D eigenvalue weighted by Gasteiger charge is 2.13. The van der Waals surface area contributed by atoms with Gasteiger partial charge in [-0.3, -0.25) is 14.4 Å². The van der Waals surface area contributed by atoms with Gasteiger partial charge in [0.1, 0.15) is 0 Å². The van der Waals surface area contributed by atoms with Gasteiger partial charge in [0.15, 0.2) is 0 Å². The van der Waals surface area contributed by atoms with Crippen LogP contribution in [0, 0.1) is 5.92 Å². The van der Waals surface area contributed by atoms with Crippen LogP contribution in [0.1, 0.15) is 51.4 Å². The molecular formula is C14H25N3O3. The Morgan fingerprint density at radius 1 is 1.05 bits per heavy atom. The molecule has 1 heterocycles. The zero-order valence-electron chi connectivity index (χ0n) is 12.0. The van der Waals surface area contributed by atoms with Gasteiger partial charge in [-0.1, -0.05) is 12.8 Å². The maximum atomic E-state index is 11.5.